The van der Waals surface area contributed by atoms with Crippen molar-refractivity contribution >= 4 is 5.95 Å². The van der Waals surface area contributed by atoms with E-state index in [1.807, 2.05) is 13.8 Å². The van der Waals surface area contributed by atoms with Crippen molar-refractivity contribution in [2.45, 2.75) is 32.7 Å². The van der Waals surface area contributed by atoms with E-state index in [1.165, 1.54) is 0 Å². The van der Waals surface area contributed by atoms with Crippen LogP contribution in [0.25, 0.3) is 0 Å². The van der Waals surface area contributed by atoms with Gasteiger partial charge in [0, 0.05) is 6.04 Å². The van der Waals surface area contributed by atoms with Crippen molar-refractivity contribution in [3.8, 4) is 0 Å². The van der Waals surface area contributed by atoms with E-state index in [0.717, 1.165) is 37.3 Å². The summed E-state index contributed by atoms with van der Waals surface area (Å²) in [6, 6.07) is 0.486. The van der Waals surface area contributed by atoms with Crippen LogP contribution in [0.1, 0.15) is 24.2 Å². The smallest absolute Gasteiger partial charge is 0.243 e. The molecular formula is C11H19N5. The van der Waals surface area contributed by atoms with Crippen LogP contribution in [0.3, 0.4) is 0 Å². The Bertz CT molecular complexity index is 357. The number of piperidine rings is 1. The zero-order valence-electron chi connectivity index (χ0n) is 10.2. The average molecular weight is 221 g/mol. The number of nitrogens with one attached hydrogen (secondary N) is 1. The van der Waals surface area contributed by atoms with Gasteiger partial charge in [-0.05, 0) is 46.8 Å². The summed E-state index contributed by atoms with van der Waals surface area (Å²) < 4.78 is 0. The molecule has 0 aliphatic carbocycles. The van der Waals surface area contributed by atoms with E-state index in [-0.39, 0.29) is 0 Å². The molecule has 1 fully saturated rings. The second-order valence-corrected chi connectivity index (χ2v) is 4.53. The van der Waals surface area contributed by atoms with Gasteiger partial charge in [-0.25, -0.2) is 4.98 Å². The molecule has 2 heterocycles. The van der Waals surface area contributed by atoms with Gasteiger partial charge in [0.25, 0.3) is 0 Å². The Morgan fingerprint density at radius 3 is 2.44 bits per heavy atom. The third kappa shape index (κ3) is 2.66. The maximum atomic E-state index is 4.39. The van der Waals surface area contributed by atoms with Gasteiger partial charge in [0.05, 0.1) is 11.4 Å². The highest BCUT2D eigenvalue weighted by Crippen LogP contribution is 2.12. The summed E-state index contributed by atoms with van der Waals surface area (Å²) >= 11 is 0. The molecule has 0 spiro atoms. The molecule has 0 atom stereocenters. The first-order valence-corrected chi connectivity index (χ1v) is 5.78. The summed E-state index contributed by atoms with van der Waals surface area (Å²) in [6.07, 6.45) is 2.29. The lowest BCUT2D eigenvalue weighted by Crippen LogP contribution is -2.37. The summed E-state index contributed by atoms with van der Waals surface area (Å²) in [7, 11) is 2.16. The zero-order valence-corrected chi connectivity index (χ0v) is 10.2. The lowest BCUT2D eigenvalue weighted by Gasteiger charge is -2.29. The van der Waals surface area contributed by atoms with Gasteiger partial charge in [0.2, 0.25) is 5.95 Å². The fourth-order valence-corrected chi connectivity index (χ4v) is 1.85. The molecule has 16 heavy (non-hydrogen) atoms. The SMILES string of the molecule is Cc1nnc(NC2CCN(C)CC2)nc1C. The van der Waals surface area contributed by atoms with Crippen molar-refractivity contribution in [2.24, 2.45) is 0 Å². The maximum Gasteiger partial charge on any atom is 0.243 e. The van der Waals surface area contributed by atoms with Crippen LogP contribution in [-0.2, 0) is 0 Å². The van der Waals surface area contributed by atoms with E-state index in [1.54, 1.807) is 0 Å². The van der Waals surface area contributed by atoms with Crippen molar-refractivity contribution in [3.63, 3.8) is 0 Å². The van der Waals surface area contributed by atoms with Crippen LogP contribution in [0.4, 0.5) is 5.95 Å². The third-order valence-corrected chi connectivity index (χ3v) is 3.14. The monoisotopic (exact) mass is 221 g/mol. The number of anilines is 1. The van der Waals surface area contributed by atoms with Crippen LogP contribution in [0, 0.1) is 13.8 Å². The molecule has 0 radical (unpaired) electrons. The minimum atomic E-state index is 0.486. The minimum Gasteiger partial charge on any atom is -0.350 e. The van der Waals surface area contributed by atoms with Crippen LogP contribution in [-0.4, -0.2) is 46.3 Å². The van der Waals surface area contributed by atoms with E-state index >= 15 is 0 Å². The standard InChI is InChI=1S/C11H19N5/c1-8-9(2)14-15-11(12-8)13-10-4-6-16(3)7-5-10/h10H,4-7H2,1-3H3,(H,12,13,15). The van der Waals surface area contributed by atoms with Crippen LogP contribution < -0.4 is 5.32 Å². The Morgan fingerprint density at radius 1 is 1.12 bits per heavy atom. The third-order valence-electron chi connectivity index (χ3n) is 3.14. The molecule has 1 aliphatic heterocycles. The number of likely N-dealkylation sites (tertiary alicyclic amines) is 1. The Labute approximate surface area is 96.3 Å². The lowest BCUT2D eigenvalue weighted by atomic mass is 10.1. The minimum absolute atomic E-state index is 0.486. The van der Waals surface area contributed by atoms with Crippen LogP contribution >= 0.6 is 0 Å². The molecule has 2 rings (SSSR count). The normalized spacial score (nSPS) is 18.7. The highest BCUT2D eigenvalue weighted by Gasteiger charge is 2.17. The van der Waals surface area contributed by atoms with Gasteiger partial charge >= 0.3 is 0 Å². The van der Waals surface area contributed by atoms with Crippen molar-refractivity contribution in [1.82, 2.24) is 20.1 Å². The molecule has 0 aromatic carbocycles. The van der Waals surface area contributed by atoms with E-state index in [4.69, 9.17) is 0 Å². The number of aromatic nitrogens is 3. The van der Waals surface area contributed by atoms with Gasteiger partial charge in [0.1, 0.15) is 0 Å². The second kappa shape index (κ2) is 4.74. The summed E-state index contributed by atoms with van der Waals surface area (Å²) in [5.41, 5.74) is 1.85. The second-order valence-electron chi connectivity index (χ2n) is 4.53. The van der Waals surface area contributed by atoms with Gasteiger partial charge in [-0.3, -0.25) is 0 Å². The highest BCUT2D eigenvalue weighted by atomic mass is 15.3. The van der Waals surface area contributed by atoms with Crippen molar-refractivity contribution in [3.05, 3.63) is 11.4 Å². The molecular weight excluding hydrogens is 202 g/mol. The van der Waals surface area contributed by atoms with Gasteiger partial charge in [0.15, 0.2) is 0 Å². The van der Waals surface area contributed by atoms with E-state index in [0.29, 0.717) is 12.0 Å². The Balaban J connectivity index is 1.96. The van der Waals surface area contributed by atoms with Crippen LogP contribution in [0.2, 0.25) is 0 Å². The molecule has 5 nitrogen and oxygen atoms in total. The number of aryl methyl sites for hydroxylation is 2. The number of hydrogen-bond acceptors (Lipinski definition) is 5. The first-order valence-electron chi connectivity index (χ1n) is 5.78. The Morgan fingerprint density at radius 2 is 1.81 bits per heavy atom. The lowest BCUT2D eigenvalue weighted by molar-refractivity contribution is 0.263. The summed E-state index contributed by atoms with van der Waals surface area (Å²) in [4.78, 5) is 6.73. The molecule has 0 unspecified atom stereocenters. The van der Waals surface area contributed by atoms with Crippen LogP contribution in [0.15, 0.2) is 0 Å². The fraction of sp³-hybridized carbons (Fsp3) is 0.727. The molecule has 1 aliphatic rings. The average Bonchev–Trinajstić information content (AvgIpc) is 2.27. The number of hydrogen-bond donors (Lipinski definition) is 1. The molecule has 5 heteroatoms. The molecule has 0 amide bonds. The van der Waals surface area contributed by atoms with Gasteiger partial charge in [-0.15, -0.1) is 5.10 Å². The van der Waals surface area contributed by atoms with E-state index < -0.39 is 0 Å². The highest BCUT2D eigenvalue weighted by molar-refractivity contribution is 5.26. The maximum absolute atomic E-state index is 4.39. The molecule has 88 valence electrons. The van der Waals surface area contributed by atoms with Gasteiger partial charge < -0.3 is 10.2 Å². The molecule has 0 saturated carbocycles. The summed E-state index contributed by atoms with van der Waals surface area (Å²) in [5, 5.41) is 11.5. The van der Waals surface area contributed by atoms with Crippen molar-refractivity contribution < 1.29 is 0 Å². The van der Waals surface area contributed by atoms with E-state index in [2.05, 4.69) is 32.4 Å². The van der Waals surface area contributed by atoms with Gasteiger partial charge in [-0.2, -0.15) is 5.10 Å². The fourth-order valence-electron chi connectivity index (χ4n) is 1.85. The molecule has 1 N–H and O–H groups in total. The molecule has 1 saturated heterocycles. The Hall–Kier alpha value is -1.23. The largest absolute Gasteiger partial charge is 0.350 e. The molecule has 1 aromatic heterocycles. The van der Waals surface area contributed by atoms with Crippen molar-refractivity contribution in [2.75, 3.05) is 25.5 Å². The quantitative estimate of drug-likeness (QED) is 0.807. The first kappa shape index (κ1) is 11.3. The summed E-state index contributed by atoms with van der Waals surface area (Å²) in [5.74, 6) is 0.664. The van der Waals surface area contributed by atoms with Crippen molar-refractivity contribution in [1.29, 1.82) is 0 Å². The molecule has 1 aromatic rings. The predicted octanol–water partition coefficient (Wildman–Crippen LogP) is 0.995. The Kier molecular flexibility index (Phi) is 3.33. The van der Waals surface area contributed by atoms with Crippen LogP contribution in [0.5, 0.6) is 0 Å². The number of nitrogens with zero attached hydrogens (tertiary/aromatic N) is 4. The topological polar surface area (TPSA) is 53.9 Å². The van der Waals surface area contributed by atoms with E-state index in [9.17, 15) is 0 Å². The summed E-state index contributed by atoms with van der Waals surface area (Å²) in [6.45, 7) is 6.16. The zero-order chi connectivity index (χ0) is 11.5. The molecule has 0 bridgehead atoms. The number of rotatable bonds is 2. The first-order chi connectivity index (χ1) is 7.65. The predicted molar refractivity (Wildman–Crippen MR) is 63.4 cm³/mol. The van der Waals surface area contributed by atoms with Gasteiger partial charge in [-0.1, -0.05) is 0 Å².